The summed E-state index contributed by atoms with van der Waals surface area (Å²) in [4.78, 5) is 30.1. The van der Waals surface area contributed by atoms with Gasteiger partial charge in [-0.25, -0.2) is 18.9 Å². The standard InChI is InChI=1S/C19H23N5O2S/c1-5-14(4)21-16(25)11-24-19(26)23-9-8-20-18(17(23)22-24)27-15-7-6-12(2)10-13(15)3/h6-10,14H,5,11H2,1-4H3,(H,21,25)/t14-/m1/s1. The lowest BCUT2D eigenvalue weighted by molar-refractivity contribution is -0.122. The molecule has 0 fully saturated rings. The molecule has 1 N–H and O–H groups in total. The predicted molar refractivity (Wildman–Crippen MR) is 105 cm³/mol. The number of aromatic nitrogens is 4. The zero-order valence-electron chi connectivity index (χ0n) is 15.9. The van der Waals surface area contributed by atoms with Gasteiger partial charge in [0.2, 0.25) is 5.91 Å². The Morgan fingerprint density at radius 2 is 2.11 bits per heavy atom. The monoisotopic (exact) mass is 385 g/mol. The maximum Gasteiger partial charge on any atom is 0.350 e. The molecule has 0 radical (unpaired) electrons. The SMILES string of the molecule is CC[C@@H](C)NC(=O)Cn1nc2c(Sc3ccc(C)cc3C)nccn2c1=O. The van der Waals surface area contributed by atoms with Gasteiger partial charge in [-0.3, -0.25) is 4.79 Å². The Bertz CT molecular complexity index is 1040. The van der Waals surface area contributed by atoms with E-state index in [1.54, 1.807) is 12.4 Å². The highest BCUT2D eigenvalue weighted by Crippen LogP contribution is 2.30. The lowest BCUT2D eigenvalue weighted by Gasteiger charge is -2.10. The molecule has 0 bridgehead atoms. The van der Waals surface area contributed by atoms with E-state index in [1.807, 2.05) is 39.8 Å². The van der Waals surface area contributed by atoms with Gasteiger partial charge in [0.15, 0.2) is 5.65 Å². The number of hydrogen-bond donors (Lipinski definition) is 1. The lowest BCUT2D eigenvalue weighted by Crippen LogP contribution is -2.37. The number of amides is 1. The molecule has 27 heavy (non-hydrogen) atoms. The summed E-state index contributed by atoms with van der Waals surface area (Å²) in [5.74, 6) is -0.230. The van der Waals surface area contributed by atoms with Gasteiger partial charge < -0.3 is 5.32 Å². The molecule has 8 heteroatoms. The van der Waals surface area contributed by atoms with E-state index >= 15 is 0 Å². The van der Waals surface area contributed by atoms with Crippen LogP contribution >= 0.6 is 11.8 Å². The maximum absolute atomic E-state index is 12.6. The molecule has 1 atom stereocenters. The molecule has 2 aromatic heterocycles. The van der Waals surface area contributed by atoms with E-state index in [1.165, 1.54) is 26.4 Å². The van der Waals surface area contributed by atoms with Gasteiger partial charge in [0, 0.05) is 23.3 Å². The number of benzene rings is 1. The number of carbonyl (C=O) groups excluding carboxylic acids is 1. The van der Waals surface area contributed by atoms with Crippen molar-refractivity contribution in [3.8, 4) is 0 Å². The van der Waals surface area contributed by atoms with E-state index in [0.29, 0.717) is 10.7 Å². The maximum atomic E-state index is 12.6. The van der Waals surface area contributed by atoms with E-state index in [2.05, 4.69) is 21.5 Å². The number of nitrogens with one attached hydrogen (secondary N) is 1. The Labute approximate surface area is 161 Å². The first-order valence-corrected chi connectivity index (χ1v) is 9.69. The van der Waals surface area contributed by atoms with Gasteiger partial charge >= 0.3 is 5.69 Å². The molecule has 3 rings (SSSR count). The van der Waals surface area contributed by atoms with Crippen LogP contribution in [0.1, 0.15) is 31.4 Å². The summed E-state index contributed by atoms with van der Waals surface area (Å²) in [5.41, 5.74) is 2.42. The second kappa shape index (κ2) is 7.96. The topological polar surface area (TPSA) is 81.3 Å². The van der Waals surface area contributed by atoms with Gasteiger partial charge in [-0.2, -0.15) is 0 Å². The van der Waals surface area contributed by atoms with E-state index in [9.17, 15) is 9.59 Å². The lowest BCUT2D eigenvalue weighted by atomic mass is 10.2. The third kappa shape index (κ3) is 4.21. The minimum absolute atomic E-state index is 0.0579. The normalized spacial score (nSPS) is 12.3. The molecule has 0 aliphatic carbocycles. The number of carbonyl (C=O) groups is 1. The second-order valence-corrected chi connectivity index (χ2v) is 7.64. The Morgan fingerprint density at radius 3 is 2.81 bits per heavy atom. The highest BCUT2D eigenvalue weighted by molar-refractivity contribution is 7.99. The summed E-state index contributed by atoms with van der Waals surface area (Å²) in [6.07, 6.45) is 3.97. The highest BCUT2D eigenvalue weighted by atomic mass is 32.2. The summed E-state index contributed by atoms with van der Waals surface area (Å²) in [6.45, 7) is 7.89. The molecule has 1 amide bonds. The molecular formula is C19H23N5O2S. The largest absolute Gasteiger partial charge is 0.352 e. The molecular weight excluding hydrogens is 362 g/mol. The summed E-state index contributed by atoms with van der Waals surface area (Å²) in [5, 5.41) is 7.83. The number of fused-ring (bicyclic) bond motifs is 1. The molecule has 7 nitrogen and oxygen atoms in total. The minimum Gasteiger partial charge on any atom is -0.352 e. The first-order valence-electron chi connectivity index (χ1n) is 8.87. The number of hydrogen-bond acceptors (Lipinski definition) is 5. The quantitative estimate of drug-likeness (QED) is 0.705. The molecule has 1 aromatic carbocycles. The average Bonchev–Trinajstić information content (AvgIpc) is 2.94. The van der Waals surface area contributed by atoms with Gasteiger partial charge in [0.05, 0.1) is 0 Å². The van der Waals surface area contributed by atoms with E-state index in [-0.39, 0.29) is 24.2 Å². The van der Waals surface area contributed by atoms with Crippen molar-refractivity contribution in [2.45, 2.75) is 56.6 Å². The van der Waals surface area contributed by atoms with Crippen LogP contribution < -0.4 is 11.0 Å². The summed E-state index contributed by atoms with van der Waals surface area (Å²) >= 11 is 1.46. The third-order valence-corrected chi connectivity index (χ3v) is 5.48. The molecule has 2 heterocycles. The van der Waals surface area contributed by atoms with Crippen molar-refractivity contribution in [2.75, 3.05) is 0 Å². The Balaban J connectivity index is 1.92. The zero-order chi connectivity index (χ0) is 19.6. The van der Waals surface area contributed by atoms with Crippen molar-refractivity contribution in [3.63, 3.8) is 0 Å². The van der Waals surface area contributed by atoms with E-state index in [0.717, 1.165) is 16.9 Å². The fourth-order valence-electron chi connectivity index (χ4n) is 2.68. The Kier molecular flexibility index (Phi) is 5.65. The van der Waals surface area contributed by atoms with Crippen LogP contribution in [0.25, 0.3) is 5.65 Å². The fourth-order valence-corrected chi connectivity index (χ4v) is 3.59. The van der Waals surface area contributed by atoms with Crippen LogP contribution in [-0.2, 0) is 11.3 Å². The van der Waals surface area contributed by atoms with Gasteiger partial charge in [0.25, 0.3) is 0 Å². The van der Waals surface area contributed by atoms with Gasteiger partial charge in [-0.05, 0) is 38.8 Å². The van der Waals surface area contributed by atoms with Crippen molar-refractivity contribution in [1.29, 1.82) is 0 Å². The number of nitrogens with zero attached hydrogens (tertiary/aromatic N) is 4. The first kappa shape index (κ1) is 19.2. The molecule has 0 aliphatic heterocycles. The Hall–Kier alpha value is -2.61. The van der Waals surface area contributed by atoms with Crippen LogP contribution in [0.2, 0.25) is 0 Å². The molecule has 0 saturated carbocycles. The first-order chi connectivity index (χ1) is 12.9. The Morgan fingerprint density at radius 1 is 1.33 bits per heavy atom. The molecule has 142 valence electrons. The molecule has 0 aliphatic rings. The summed E-state index contributed by atoms with van der Waals surface area (Å²) in [7, 11) is 0. The molecule has 0 unspecified atom stereocenters. The molecule has 3 aromatic rings. The summed E-state index contributed by atoms with van der Waals surface area (Å²) < 4.78 is 2.61. The van der Waals surface area contributed by atoms with Crippen molar-refractivity contribution < 1.29 is 4.79 Å². The predicted octanol–water partition coefficient (Wildman–Crippen LogP) is 2.57. The van der Waals surface area contributed by atoms with Gasteiger partial charge in [0.1, 0.15) is 11.6 Å². The van der Waals surface area contributed by atoms with Crippen LogP contribution in [-0.4, -0.2) is 31.1 Å². The van der Waals surface area contributed by atoms with Crippen LogP contribution in [0, 0.1) is 13.8 Å². The van der Waals surface area contributed by atoms with Crippen LogP contribution in [0.15, 0.2) is 45.3 Å². The van der Waals surface area contributed by atoms with Crippen LogP contribution in [0.3, 0.4) is 0 Å². The van der Waals surface area contributed by atoms with Crippen LogP contribution in [0.4, 0.5) is 0 Å². The van der Waals surface area contributed by atoms with Crippen molar-refractivity contribution >= 4 is 23.3 Å². The smallest absolute Gasteiger partial charge is 0.350 e. The van der Waals surface area contributed by atoms with E-state index < -0.39 is 0 Å². The second-order valence-electron chi connectivity index (χ2n) is 6.61. The number of aryl methyl sites for hydroxylation is 2. The number of rotatable bonds is 6. The van der Waals surface area contributed by atoms with Crippen LogP contribution in [0.5, 0.6) is 0 Å². The van der Waals surface area contributed by atoms with Crippen molar-refractivity contribution in [2.24, 2.45) is 0 Å². The highest BCUT2D eigenvalue weighted by Gasteiger charge is 2.16. The van der Waals surface area contributed by atoms with Gasteiger partial charge in [-0.15, -0.1) is 5.10 Å². The third-order valence-electron chi connectivity index (χ3n) is 4.32. The minimum atomic E-state index is -0.353. The summed E-state index contributed by atoms with van der Waals surface area (Å²) in [6, 6.07) is 6.24. The molecule has 0 spiro atoms. The average molecular weight is 385 g/mol. The van der Waals surface area contributed by atoms with Crippen molar-refractivity contribution in [1.82, 2.24) is 24.5 Å². The fraction of sp³-hybridized carbons (Fsp3) is 0.368. The zero-order valence-corrected chi connectivity index (χ0v) is 16.7. The van der Waals surface area contributed by atoms with E-state index in [4.69, 9.17) is 0 Å². The van der Waals surface area contributed by atoms with Crippen molar-refractivity contribution in [3.05, 3.63) is 52.2 Å². The molecule has 0 saturated heterocycles. The van der Waals surface area contributed by atoms with Gasteiger partial charge in [-0.1, -0.05) is 36.4 Å².